The van der Waals surface area contributed by atoms with Crippen LogP contribution >= 0.6 is 11.3 Å². The van der Waals surface area contributed by atoms with Crippen molar-refractivity contribution in [3.8, 4) is 6.07 Å². The van der Waals surface area contributed by atoms with Crippen LogP contribution in [0.4, 0.5) is 0 Å². The van der Waals surface area contributed by atoms with Gasteiger partial charge in [0.1, 0.15) is 0 Å². The van der Waals surface area contributed by atoms with E-state index in [1.165, 1.54) is 5.01 Å². The molecule has 0 saturated carbocycles. The maximum atomic E-state index is 12.4. The Morgan fingerprint density at radius 2 is 2.08 bits per heavy atom. The summed E-state index contributed by atoms with van der Waals surface area (Å²) in [5, 5.41) is 12.4. The molecule has 3 rings (SSSR count). The molecule has 134 valence electrons. The number of hydrogen-bond acceptors (Lipinski definition) is 5. The van der Waals surface area contributed by atoms with Gasteiger partial charge in [0.2, 0.25) is 5.91 Å². The maximum Gasteiger partial charge on any atom is 0.246 e. The Balaban J connectivity index is 1.52. The lowest BCUT2D eigenvalue weighted by Crippen LogP contribution is -2.47. The number of amides is 1. The number of benzene rings is 1. The monoisotopic (exact) mass is 366 g/mol. The fraction of sp³-hybridized carbons (Fsp3) is 0.350. The molecular weight excluding hydrogens is 344 g/mol. The molecule has 0 bridgehead atoms. The van der Waals surface area contributed by atoms with Crippen molar-refractivity contribution in [3.05, 3.63) is 57.6 Å². The van der Waals surface area contributed by atoms with E-state index in [0.717, 1.165) is 37.3 Å². The summed E-state index contributed by atoms with van der Waals surface area (Å²) < 4.78 is 0. The second-order valence-corrected chi connectivity index (χ2v) is 7.16. The van der Waals surface area contributed by atoms with Gasteiger partial charge in [0, 0.05) is 44.2 Å². The van der Waals surface area contributed by atoms with E-state index >= 15 is 0 Å². The largest absolute Gasteiger partial charge is 0.337 e. The van der Waals surface area contributed by atoms with E-state index in [1.807, 2.05) is 23.1 Å². The highest BCUT2D eigenvalue weighted by Crippen LogP contribution is 2.14. The Morgan fingerprint density at radius 1 is 1.31 bits per heavy atom. The van der Waals surface area contributed by atoms with Crippen LogP contribution < -0.4 is 0 Å². The molecule has 0 unspecified atom stereocenters. The molecule has 0 radical (unpaired) electrons. The fourth-order valence-corrected chi connectivity index (χ4v) is 3.69. The van der Waals surface area contributed by atoms with Crippen LogP contribution in [0.3, 0.4) is 0 Å². The molecule has 0 atom stereocenters. The van der Waals surface area contributed by atoms with Gasteiger partial charge in [-0.15, -0.1) is 11.3 Å². The molecule has 0 spiro atoms. The number of carbonyl (C=O) groups excluding carboxylic acids is 1. The third kappa shape index (κ3) is 4.57. The number of nitriles is 1. The van der Waals surface area contributed by atoms with E-state index in [2.05, 4.69) is 28.3 Å². The molecule has 1 fully saturated rings. The third-order valence-corrected chi connectivity index (χ3v) is 5.50. The average Bonchev–Trinajstić information content (AvgIpc) is 3.14. The van der Waals surface area contributed by atoms with Crippen LogP contribution in [0.2, 0.25) is 0 Å². The van der Waals surface area contributed by atoms with E-state index in [9.17, 15) is 4.79 Å². The number of aryl methyl sites for hydroxylation is 1. The lowest BCUT2D eigenvalue weighted by atomic mass is 10.1. The minimum atomic E-state index is -0.000629. The van der Waals surface area contributed by atoms with Crippen molar-refractivity contribution in [2.75, 3.05) is 26.2 Å². The molecule has 1 amide bonds. The summed E-state index contributed by atoms with van der Waals surface area (Å²) in [4.78, 5) is 21.2. The van der Waals surface area contributed by atoms with Crippen LogP contribution in [0, 0.1) is 11.3 Å². The Morgan fingerprint density at radius 3 is 2.77 bits per heavy atom. The lowest BCUT2D eigenvalue weighted by molar-refractivity contribution is -0.127. The molecule has 5 nitrogen and oxygen atoms in total. The van der Waals surface area contributed by atoms with Gasteiger partial charge in [-0.1, -0.05) is 25.1 Å². The van der Waals surface area contributed by atoms with Gasteiger partial charge >= 0.3 is 0 Å². The smallest absolute Gasteiger partial charge is 0.246 e. The second kappa shape index (κ2) is 8.75. The molecule has 0 aliphatic carbocycles. The molecule has 1 aliphatic rings. The van der Waals surface area contributed by atoms with E-state index in [1.54, 1.807) is 29.6 Å². The first-order valence-corrected chi connectivity index (χ1v) is 9.69. The molecule has 1 saturated heterocycles. The number of piperazine rings is 1. The van der Waals surface area contributed by atoms with Gasteiger partial charge in [-0.2, -0.15) is 5.26 Å². The first-order chi connectivity index (χ1) is 12.7. The fourth-order valence-electron chi connectivity index (χ4n) is 2.95. The van der Waals surface area contributed by atoms with Gasteiger partial charge in [-0.05, 0) is 24.1 Å². The van der Waals surface area contributed by atoms with E-state index in [0.29, 0.717) is 18.7 Å². The van der Waals surface area contributed by atoms with Crippen molar-refractivity contribution in [2.24, 2.45) is 0 Å². The summed E-state index contributed by atoms with van der Waals surface area (Å²) in [6.07, 6.45) is 4.28. The SMILES string of the molecule is CCc1nc(CN2CCN(C(=O)/C=C/c3ccccc3C#N)CC2)cs1. The summed E-state index contributed by atoms with van der Waals surface area (Å²) in [6, 6.07) is 9.44. The first kappa shape index (κ1) is 18.3. The van der Waals surface area contributed by atoms with Gasteiger partial charge in [0.05, 0.1) is 22.3 Å². The first-order valence-electron chi connectivity index (χ1n) is 8.81. The van der Waals surface area contributed by atoms with Crippen LogP contribution in [0.15, 0.2) is 35.7 Å². The van der Waals surface area contributed by atoms with E-state index in [4.69, 9.17) is 5.26 Å². The minimum Gasteiger partial charge on any atom is -0.337 e. The van der Waals surface area contributed by atoms with E-state index in [-0.39, 0.29) is 5.91 Å². The quantitative estimate of drug-likeness (QED) is 0.764. The summed E-state index contributed by atoms with van der Waals surface area (Å²) in [7, 11) is 0. The molecule has 2 aromatic rings. The molecule has 1 aromatic carbocycles. The maximum absolute atomic E-state index is 12.4. The van der Waals surface area contributed by atoms with Gasteiger partial charge < -0.3 is 4.90 Å². The predicted molar refractivity (Wildman–Crippen MR) is 104 cm³/mol. The summed E-state index contributed by atoms with van der Waals surface area (Å²) >= 11 is 1.72. The zero-order valence-corrected chi connectivity index (χ0v) is 15.7. The standard InChI is InChI=1S/C20H22N4OS/c1-2-19-22-18(15-26-19)14-23-9-11-24(12-10-23)20(25)8-7-16-5-3-4-6-17(16)13-21/h3-8,15H,2,9-12,14H2,1H3/b8-7+. The van der Waals surface area contributed by atoms with Gasteiger partial charge in [-0.3, -0.25) is 9.69 Å². The number of hydrogen-bond donors (Lipinski definition) is 0. The number of rotatable bonds is 5. The molecule has 2 heterocycles. The zero-order valence-electron chi connectivity index (χ0n) is 14.9. The normalized spacial score (nSPS) is 15.3. The highest BCUT2D eigenvalue weighted by molar-refractivity contribution is 7.09. The highest BCUT2D eigenvalue weighted by Gasteiger charge is 2.20. The topological polar surface area (TPSA) is 60.2 Å². The average molecular weight is 366 g/mol. The predicted octanol–water partition coefficient (Wildman–Crippen LogP) is 2.93. The molecule has 6 heteroatoms. The Hall–Kier alpha value is -2.49. The van der Waals surface area contributed by atoms with Crippen LogP contribution in [0.25, 0.3) is 6.08 Å². The molecular formula is C20H22N4OS. The Labute approximate surface area is 158 Å². The molecule has 26 heavy (non-hydrogen) atoms. The van der Waals surface area contributed by atoms with E-state index < -0.39 is 0 Å². The van der Waals surface area contributed by atoms with Gasteiger partial charge in [-0.25, -0.2) is 4.98 Å². The number of carbonyl (C=O) groups is 1. The summed E-state index contributed by atoms with van der Waals surface area (Å²) in [6.45, 7) is 6.11. The second-order valence-electron chi connectivity index (χ2n) is 6.22. The van der Waals surface area contributed by atoms with Crippen molar-refractivity contribution in [3.63, 3.8) is 0 Å². The number of aromatic nitrogens is 1. The third-order valence-electron chi connectivity index (χ3n) is 4.46. The summed E-state index contributed by atoms with van der Waals surface area (Å²) in [5.41, 5.74) is 2.48. The van der Waals surface area contributed by atoms with Crippen LogP contribution in [0.5, 0.6) is 0 Å². The number of nitrogens with zero attached hydrogens (tertiary/aromatic N) is 4. The van der Waals surface area contributed by atoms with Crippen LogP contribution in [-0.4, -0.2) is 46.9 Å². The van der Waals surface area contributed by atoms with Crippen molar-refractivity contribution in [1.82, 2.24) is 14.8 Å². The van der Waals surface area contributed by atoms with Crippen molar-refractivity contribution in [1.29, 1.82) is 5.26 Å². The molecule has 1 aliphatic heterocycles. The lowest BCUT2D eigenvalue weighted by Gasteiger charge is -2.33. The Kier molecular flexibility index (Phi) is 6.16. The van der Waals surface area contributed by atoms with Crippen LogP contribution in [0.1, 0.15) is 28.8 Å². The van der Waals surface area contributed by atoms with Crippen molar-refractivity contribution in [2.45, 2.75) is 19.9 Å². The zero-order chi connectivity index (χ0) is 18.4. The summed E-state index contributed by atoms with van der Waals surface area (Å²) in [5.74, 6) is -0.000629. The molecule has 1 aromatic heterocycles. The minimum absolute atomic E-state index is 0.000629. The molecule has 0 N–H and O–H groups in total. The van der Waals surface area contributed by atoms with Crippen molar-refractivity contribution >= 4 is 23.3 Å². The highest BCUT2D eigenvalue weighted by atomic mass is 32.1. The van der Waals surface area contributed by atoms with Gasteiger partial charge in [0.15, 0.2) is 0 Å². The van der Waals surface area contributed by atoms with Gasteiger partial charge in [0.25, 0.3) is 0 Å². The van der Waals surface area contributed by atoms with Crippen LogP contribution in [-0.2, 0) is 17.8 Å². The van der Waals surface area contributed by atoms with Crippen molar-refractivity contribution < 1.29 is 4.79 Å². The number of thiazole rings is 1. The Bertz CT molecular complexity index is 828.